The summed E-state index contributed by atoms with van der Waals surface area (Å²) in [5.41, 5.74) is 0.347. The number of sulfonamides is 1. The molecule has 1 aromatic heterocycles. The van der Waals surface area contributed by atoms with Crippen molar-refractivity contribution in [2.24, 2.45) is 0 Å². The number of hydrogen-bond donors (Lipinski definition) is 1. The van der Waals surface area contributed by atoms with Crippen molar-refractivity contribution in [3.63, 3.8) is 0 Å². The first kappa shape index (κ1) is 19.5. The molecule has 136 valence electrons. The summed E-state index contributed by atoms with van der Waals surface area (Å²) < 4.78 is 53.1. The molecule has 2 rings (SSSR count). The zero-order valence-electron chi connectivity index (χ0n) is 13.9. The van der Waals surface area contributed by atoms with E-state index < -0.39 is 27.7 Å². The summed E-state index contributed by atoms with van der Waals surface area (Å²) in [6, 6.07) is 5.72. The first-order valence-electron chi connectivity index (χ1n) is 7.39. The number of hydrogen-bond acceptors (Lipinski definition) is 4. The first-order valence-corrected chi connectivity index (χ1v) is 9.64. The predicted octanol–water partition coefficient (Wildman–Crippen LogP) is 3.04. The van der Waals surface area contributed by atoms with Crippen LogP contribution in [0.4, 0.5) is 8.78 Å². The number of nitrogens with one attached hydrogen (secondary N) is 1. The summed E-state index contributed by atoms with van der Waals surface area (Å²) in [6.07, 6.45) is 0. The van der Waals surface area contributed by atoms with Crippen LogP contribution in [-0.4, -0.2) is 25.7 Å². The van der Waals surface area contributed by atoms with Crippen molar-refractivity contribution >= 4 is 27.3 Å². The minimum absolute atomic E-state index is 0.116. The van der Waals surface area contributed by atoms with Gasteiger partial charge in [-0.05, 0) is 36.8 Å². The van der Waals surface area contributed by atoms with Gasteiger partial charge < -0.3 is 5.32 Å². The molecule has 1 unspecified atom stereocenters. The van der Waals surface area contributed by atoms with Crippen LogP contribution in [0.1, 0.15) is 30.3 Å². The van der Waals surface area contributed by atoms with Gasteiger partial charge in [0.25, 0.3) is 10.0 Å². The molecular weight excluding hydrogens is 370 g/mol. The molecule has 0 saturated carbocycles. The normalized spacial score (nSPS) is 13.0. The molecule has 0 saturated heterocycles. The average Bonchev–Trinajstić information content (AvgIpc) is 3.04. The van der Waals surface area contributed by atoms with Crippen LogP contribution in [0.15, 0.2) is 34.5 Å². The van der Waals surface area contributed by atoms with E-state index in [-0.39, 0.29) is 16.7 Å². The molecule has 0 aliphatic rings. The number of benzene rings is 1. The third-order valence-corrected chi connectivity index (χ3v) is 7.23. The van der Waals surface area contributed by atoms with E-state index in [2.05, 4.69) is 5.32 Å². The van der Waals surface area contributed by atoms with Gasteiger partial charge in [0.2, 0.25) is 5.91 Å². The zero-order valence-corrected chi connectivity index (χ0v) is 15.5. The number of carbonyl (C=O) groups excluding carboxylic acids is 1. The fourth-order valence-electron chi connectivity index (χ4n) is 2.14. The number of thiophene rings is 1. The minimum Gasteiger partial charge on any atom is -0.351 e. The molecule has 1 heterocycles. The van der Waals surface area contributed by atoms with Crippen LogP contribution in [0.3, 0.4) is 0 Å². The van der Waals surface area contributed by atoms with Gasteiger partial charge in [-0.25, -0.2) is 17.2 Å². The van der Waals surface area contributed by atoms with Crippen molar-refractivity contribution in [3.05, 3.63) is 52.4 Å². The maximum absolute atomic E-state index is 13.4. The van der Waals surface area contributed by atoms with Crippen LogP contribution in [0.25, 0.3) is 0 Å². The van der Waals surface area contributed by atoms with Gasteiger partial charge in [0.1, 0.15) is 4.21 Å². The number of rotatable bonds is 6. The summed E-state index contributed by atoms with van der Waals surface area (Å²) in [6.45, 7) is 3.22. The van der Waals surface area contributed by atoms with Crippen LogP contribution in [0.5, 0.6) is 0 Å². The van der Waals surface area contributed by atoms with Crippen LogP contribution < -0.4 is 5.32 Å². The van der Waals surface area contributed by atoms with Gasteiger partial charge in [-0.15, -0.1) is 11.3 Å². The molecule has 2 aromatic rings. The maximum atomic E-state index is 13.4. The lowest BCUT2D eigenvalue weighted by Crippen LogP contribution is -2.29. The largest absolute Gasteiger partial charge is 0.351 e. The molecule has 1 aromatic carbocycles. The van der Waals surface area contributed by atoms with E-state index in [0.717, 1.165) is 27.8 Å². The number of halogens is 2. The van der Waals surface area contributed by atoms with Gasteiger partial charge >= 0.3 is 0 Å². The molecule has 5 nitrogen and oxygen atoms in total. The monoisotopic (exact) mass is 388 g/mol. The second-order valence-electron chi connectivity index (χ2n) is 5.50. The second kappa shape index (κ2) is 7.59. The van der Waals surface area contributed by atoms with Crippen LogP contribution >= 0.6 is 11.3 Å². The van der Waals surface area contributed by atoms with Crippen LogP contribution in [0.2, 0.25) is 0 Å². The van der Waals surface area contributed by atoms with E-state index in [0.29, 0.717) is 10.4 Å². The Morgan fingerprint density at radius 3 is 2.52 bits per heavy atom. The molecule has 0 aliphatic heterocycles. The molecule has 1 atom stereocenters. The summed E-state index contributed by atoms with van der Waals surface area (Å²) in [5, 5.41) is 2.60. The lowest BCUT2D eigenvalue weighted by atomic mass is 10.1. The first-order chi connectivity index (χ1) is 11.6. The highest BCUT2D eigenvalue weighted by atomic mass is 32.2. The smallest absolute Gasteiger partial charge is 0.252 e. The van der Waals surface area contributed by atoms with Gasteiger partial charge in [0, 0.05) is 24.9 Å². The van der Waals surface area contributed by atoms with Gasteiger partial charge in [-0.3, -0.25) is 4.79 Å². The van der Waals surface area contributed by atoms with E-state index in [1.807, 2.05) is 0 Å². The zero-order chi connectivity index (χ0) is 18.8. The fourth-order valence-corrected chi connectivity index (χ4v) is 4.97. The lowest BCUT2D eigenvalue weighted by molar-refractivity contribution is -0.119. The quantitative estimate of drug-likeness (QED) is 0.827. The maximum Gasteiger partial charge on any atom is 0.252 e. The van der Waals surface area contributed by atoms with Crippen molar-refractivity contribution < 1.29 is 22.0 Å². The molecule has 1 amide bonds. The Hall–Kier alpha value is -1.84. The molecular formula is C16H18F2N2O3S2. The Morgan fingerprint density at radius 2 is 1.92 bits per heavy atom. The number of carbonyl (C=O) groups is 1. The third-order valence-electron chi connectivity index (χ3n) is 3.75. The van der Waals surface area contributed by atoms with E-state index in [1.54, 1.807) is 13.0 Å². The fraction of sp³-hybridized carbons (Fsp3) is 0.312. The third kappa shape index (κ3) is 4.42. The van der Waals surface area contributed by atoms with Crippen molar-refractivity contribution in [3.8, 4) is 0 Å². The standard InChI is InChI=1S/C16H18F2N2O3S2/c1-10(12-4-6-14(17)15(18)8-12)20(3)25(22,23)16-7-5-13(24-16)9-19-11(2)21/h4-8,10H,9H2,1-3H3,(H,19,21). The van der Waals surface area contributed by atoms with Crippen molar-refractivity contribution in [2.75, 3.05) is 7.05 Å². The summed E-state index contributed by atoms with van der Waals surface area (Å²) in [4.78, 5) is 11.6. The van der Waals surface area contributed by atoms with Crippen molar-refractivity contribution in [2.45, 2.75) is 30.6 Å². The van der Waals surface area contributed by atoms with Gasteiger partial charge in [0.15, 0.2) is 11.6 Å². The van der Waals surface area contributed by atoms with Gasteiger partial charge in [-0.2, -0.15) is 4.31 Å². The molecule has 0 spiro atoms. The summed E-state index contributed by atoms with van der Waals surface area (Å²) >= 11 is 1.05. The minimum atomic E-state index is -3.80. The highest BCUT2D eigenvalue weighted by Gasteiger charge is 2.28. The Bertz CT molecular complexity index is 881. The topological polar surface area (TPSA) is 66.5 Å². The molecule has 0 aliphatic carbocycles. The number of nitrogens with zero attached hydrogens (tertiary/aromatic N) is 1. The lowest BCUT2D eigenvalue weighted by Gasteiger charge is -2.24. The average molecular weight is 388 g/mol. The van der Waals surface area contributed by atoms with E-state index in [9.17, 15) is 22.0 Å². The van der Waals surface area contributed by atoms with E-state index in [4.69, 9.17) is 0 Å². The molecule has 9 heteroatoms. The molecule has 0 radical (unpaired) electrons. The SMILES string of the molecule is CC(=O)NCc1ccc(S(=O)(=O)N(C)C(C)c2ccc(F)c(F)c2)s1. The Kier molecular flexibility index (Phi) is 5.91. The van der Waals surface area contributed by atoms with Crippen molar-refractivity contribution in [1.29, 1.82) is 0 Å². The predicted molar refractivity (Wildman–Crippen MR) is 91.6 cm³/mol. The Balaban J connectivity index is 2.22. The van der Waals surface area contributed by atoms with E-state index in [1.165, 1.54) is 26.1 Å². The summed E-state index contributed by atoms with van der Waals surface area (Å²) in [7, 11) is -2.42. The molecule has 25 heavy (non-hydrogen) atoms. The highest BCUT2D eigenvalue weighted by molar-refractivity contribution is 7.91. The molecule has 1 N–H and O–H groups in total. The number of amides is 1. The molecule has 0 fully saturated rings. The van der Waals surface area contributed by atoms with Gasteiger partial charge in [-0.1, -0.05) is 6.07 Å². The van der Waals surface area contributed by atoms with E-state index >= 15 is 0 Å². The van der Waals surface area contributed by atoms with Crippen LogP contribution in [0, 0.1) is 11.6 Å². The Labute approximate surface area is 149 Å². The van der Waals surface area contributed by atoms with Gasteiger partial charge in [0.05, 0.1) is 6.54 Å². The van der Waals surface area contributed by atoms with Crippen molar-refractivity contribution in [1.82, 2.24) is 9.62 Å². The summed E-state index contributed by atoms with van der Waals surface area (Å²) in [5.74, 6) is -2.21. The second-order valence-corrected chi connectivity index (χ2v) is 8.89. The molecule has 0 bridgehead atoms. The Morgan fingerprint density at radius 1 is 1.24 bits per heavy atom. The van der Waals surface area contributed by atoms with Crippen LogP contribution in [-0.2, 0) is 21.4 Å². The highest BCUT2D eigenvalue weighted by Crippen LogP contribution is 2.30.